The van der Waals surface area contributed by atoms with E-state index >= 15 is 0 Å². The number of thiophene rings is 1. The number of hydrogen-bond donors (Lipinski definition) is 1. The summed E-state index contributed by atoms with van der Waals surface area (Å²) in [5.74, 6) is -0.0675. The molecule has 4 rings (SSSR count). The first-order valence-corrected chi connectivity index (χ1v) is 12.5. The number of halogens is 1. The van der Waals surface area contributed by atoms with E-state index in [4.69, 9.17) is 16.3 Å². The zero-order valence-electron chi connectivity index (χ0n) is 18.7. The van der Waals surface area contributed by atoms with Crippen LogP contribution in [0.1, 0.15) is 15.9 Å². The quantitative estimate of drug-likeness (QED) is 0.253. The maximum Gasteiger partial charge on any atom is 0.341 e. The fraction of sp³-hybridized carbons (Fsp3) is 0.167. The summed E-state index contributed by atoms with van der Waals surface area (Å²) in [5.41, 5.74) is 3.82. The lowest BCUT2D eigenvalue weighted by Gasteiger charge is -2.08. The number of methoxy groups -OCH3 is 1. The number of rotatable bonds is 7. The predicted octanol–water partition coefficient (Wildman–Crippen LogP) is 5.69. The van der Waals surface area contributed by atoms with E-state index in [-0.39, 0.29) is 11.7 Å². The van der Waals surface area contributed by atoms with Gasteiger partial charge in [0.25, 0.3) is 0 Å². The van der Waals surface area contributed by atoms with Gasteiger partial charge in [0.1, 0.15) is 10.6 Å². The summed E-state index contributed by atoms with van der Waals surface area (Å²) in [7, 11) is 3.15. The monoisotopic (exact) mass is 512 g/mol. The molecule has 2 heterocycles. The van der Waals surface area contributed by atoms with Crippen LogP contribution in [0, 0.1) is 6.92 Å². The molecule has 0 bridgehead atoms. The van der Waals surface area contributed by atoms with Crippen LogP contribution in [0.3, 0.4) is 0 Å². The number of nitrogens with zero attached hydrogens (tertiary/aromatic N) is 3. The van der Waals surface area contributed by atoms with E-state index in [9.17, 15) is 9.59 Å². The number of aryl methyl sites for hydroxylation is 1. The fourth-order valence-electron chi connectivity index (χ4n) is 3.31. The number of thioether (sulfide) groups is 1. The molecule has 4 aromatic rings. The van der Waals surface area contributed by atoms with Gasteiger partial charge in [-0.15, -0.1) is 21.5 Å². The Bertz CT molecular complexity index is 1350. The highest BCUT2D eigenvalue weighted by molar-refractivity contribution is 7.99. The third kappa shape index (κ3) is 5.01. The number of benzene rings is 2. The molecular weight excluding hydrogens is 492 g/mol. The Balaban J connectivity index is 1.49. The number of carbonyl (C=O) groups excluding carboxylic acids is 2. The molecule has 0 saturated carbocycles. The summed E-state index contributed by atoms with van der Waals surface area (Å²) in [5, 5.41) is 14.7. The van der Waals surface area contributed by atoms with Crippen molar-refractivity contribution in [2.45, 2.75) is 12.1 Å². The van der Waals surface area contributed by atoms with E-state index < -0.39 is 5.97 Å². The van der Waals surface area contributed by atoms with E-state index in [0.29, 0.717) is 26.6 Å². The Morgan fingerprint density at radius 1 is 1.12 bits per heavy atom. The third-order valence-corrected chi connectivity index (χ3v) is 7.32. The SMILES string of the molecule is COC(=O)c1c(-c2ccc(C)cc2)csc1NC(=O)CSc1nnc(-c2ccccc2Cl)n1C. The maximum atomic E-state index is 12.7. The number of aromatic nitrogens is 3. The standard InChI is InChI=1S/C24H21ClN4O3S2/c1-14-8-10-15(11-9-14)17-12-33-22(20(17)23(31)32-3)26-19(30)13-34-24-28-27-21(29(24)2)16-6-4-5-7-18(16)25/h4-12H,13H2,1-3H3,(H,26,30). The van der Waals surface area contributed by atoms with Gasteiger partial charge in [0.2, 0.25) is 5.91 Å². The minimum atomic E-state index is -0.502. The summed E-state index contributed by atoms with van der Waals surface area (Å²) >= 11 is 8.80. The first-order chi connectivity index (χ1) is 16.4. The Morgan fingerprint density at radius 2 is 1.85 bits per heavy atom. The van der Waals surface area contributed by atoms with Gasteiger partial charge >= 0.3 is 5.97 Å². The van der Waals surface area contributed by atoms with Gasteiger partial charge in [0.15, 0.2) is 11.0 Å². The Hall–Kier alpha value is -3.14. The summed E-state index contributed by atoms with van der Waals surface area (Å²) in [6.07, 6.45) is 0. The highest BCUT2D eigenvalue weighted by Gasteiger charge is 2.23. The Morgan fingerprint density at radius 3 is 2.56 bits per heavy atom. The molecule has 0 radical (unpaired) electrons. The maximum absolute atomic E-state index is 12.7. The average molecular weight is 513 g/mol. The van der Waals surface area contributed by atoms with Crippen LogP contribution in [0.25, 0.3) is 22.5 Å². The lowest BCUT2D eigenvalue weighted by molar-refractivity contribution is -0.113. The molecule has 0 atom stereocenters. The van der Waals surface area contributed by atoms with Gasteiger partial charge in [-0.1, -0.05) is 65.3 Å². The van der Waals surface area contributed by atoms with Gasteiger partial charge in [-0.2, -0.15) is 0 Å². The van der Waals surface area contributed by atoms with Crippen LogP contribution in [0.2, 0.25) is 5.02 Å². The second-order valence-electron chi connectivity index (χ2n) is 7.39. The van der Waals surface area contributed by atoms with E-state index in [1.54, 1.807) is 10.6 Å². The molecule has 1 amide bonds. The highest BCUT2D eigenvalue weighted by atomic mass is 35.5. The van der Waals surface area contributed by atoms with Crippen LogP contribution in [0.5, 0.6) is 0 Å². The van der Waals surface area contributed by atoms with Gasteiger partial charge in [-0.05, 0) is 24.6 Å². The van der Waals surface area contributed by atoms with E-state index in [1.165, 1.54) is 30.2 Å². The minimum absolute atomic E-state index is 0.0902. The third-order valence-electron chi connectivity index (χ3n) is 5.08. The largest absolute Gasteiger partial charge is 0.465 e. The number of amides is 1. The molecule has 10 heteroatoms. The van der Waals surface area contributed by atoms with Crippen molar-refractivity contribution in [3.63, 3.8) is 0 Å². The molecule has 0 aliphatic rings. The number of anilines is 1. The molecular formula is C24H21ClN4O3S2. The Labute approximate surface area is 210 Å². The van der Waals surface area contributed by atoms with Gasteiger partial charge in [0.05, 0.1) is 17.9 Å². The van der Waals surface area contributed by atoms with Crippen LogP contribution in [-0.4, -0.2) is 39.5 Å². The zero-order valence-corrected chi connectivity index (χ0v) is 21.1. The van der Waals surface area contributed by atoms with Crippen LogP contribution in [0.15, 0.2) is 59.1 Å². The lowest BCUT2D eigenvalue weighted by Crippen LogP contribution is -2.16. The molecule has 0 fully saturated rings. The first-order valence-electron chi connectivity index (χ1n) is 10.2. The summed E-state index contributed by atoms with van der Waals surface area (Å²) in [6.45, 7) is 2.00. The molecule has 0 spiro atoms. The molecule has 7 nitrogen and oxygen atoms in total. The second-order valence-corrected chi connectivity index (χ2v) is 9.62. The van der Waals surface area contributed by atoms with Gasteiger partial charge in [-0.25, -0.2) is 4.79 Å². The van der Waals surface area contributed by atoms with Crippen molar-refractivity contribution in [3.05, 3.63) is 70.1 Å². The van der Waals surface area contributed by atoms with E-state index in [2.05, 4.69) is 15.5 Å². The molecule has 2 aromatic heterocycles. The number of carbonyl (C=O) groups is 2. The summed E-state index contributed by atoms with van der Waals surface area (Å²) in [6, 6.07) is 15.2. The smallest absolute Gasteiger partial charge is 0.341 e. The number of nitrogens with one attached hydrogen (secondary N) is 1. The second kappa shape index (κ2) is 10.4. The van der Waals surface area contributed by atoms with E-state index in [0.717, 1.165) is 22.3 Å². The van der Waals surface area contributed by atoms with Crippen LogP contribution >= 0.6 is 34.7 Å². The molecule has 2 aromatic carbocycles. The lowest BCUT2D eigenvalue weighted by atomic mass is 10.0. The van der Waals surface area contributed by atoms with Crippen LogP contribution in [0.4, 0.5) is 5.00 Å². The van der Waals surface area contributed by atoms with Crippen molar-refractivity contribution in [3.8, 4) is 22.5 Å². The predicted molar refractivity (Wildman–Crippen MR) is 137 cm³/mol. The highest BCUT2D eigenvalue weighted by Crippen LogP contribution is 2.36. The molecule has 0 aliphatic heterocycles. The van der Waals surface area contributed by atoms with Crippen molar-refractivity contribution < 1.29 is 14.3 Å². The topological polar surface area (TPSA) is 86.1 Å². The fourth-order valence-corrected chi connectivity index (χ4v) is 5.22. The molecule has 34 heavy (non-hydrogen) atoms. The molecule has 0 unspecified atom stereocenters. The summed E-state index contributed by atoms with van der Waals surface area (Å²) < 4.78 is 6.77. The molecule has 0 saturated heterocycles. The molecule has 0 aliphatic carbocycles. The molecule has 174 valence electrons. The van der Waals surface area contributed by atoms with Crippen molar-refractivity contribution in [2.24, 2.45) is 7.05 Å². The molecule has 1 N–H and O–H groups in total. The Kier molecular flexibility index (Phi) is 7.35. The number of hydrogen-bond acceptors (Lipinski definition) is 7. The van der Waals surface area contributed by atoms with Gasteiger partial charge < -0.3 is 14.6 Å². The summed E-state index contributed by atoms with van der Waals surface area (Å²) in [4.78, 5) is 25.2. The minimum Gasteiger partial charge on any atom is -0.465 e. The van der Waals surface area contributed by atoms with Crippen molar-refractivity contribution in [1.82, 2.24) is 14.8 Å². The number of ether oxygens (including phenoxy) is 1. The number of esters is 1. The van der Waals surface area contributed by atoms with Crippen molar-refractivity contribution in [1.29, 1.82) is 0 Å². The normalized spacial score (nSPS) is 10.8. The van der Waals surface area contributed by atoms with Crippen LogP contribution in [-0.2, 0) is 16.6 Å². The first kappa shape index (κ1) is 24.0. The van der Waals surface area contributed by atoms with Crippen molar-refractivity contribution in [2.75, 3.05) is 18.2 Å². The van der Waals surface area contributed by atoms with Gasteiger partial charge in [0, 0.05) is 23.6 Å². The van der Waals surface area contributed by atoms with Crippen molar-refractivity contribution >= 4 is 51.6 Å². The van der Waals surface area contributed by atoms with Gasteiger partial charge in [-0.3, -0.25) is 4.79 Å². The zero-order chi connectivity index (χ0) is 24.2. The average Bonchev–Trinajstić information content (AvgIpc) is 3.41. The van der Waals surface area contributed by atoms with E-state index in [1.807, 2.05) is 61.8 Å². The van der Waals surface area contributed by atoms with Crippen LogP contribution < -0.4 is 5.32 Å².